The van der Waals surface area contributed by atoms with Crippen LogP contribution in [0.1, 0.15) is 49.7 Å². The Morgan fingerprint density at radius 3 is 1.54 bits per heavy atom. The summed E-state index contributed by atoms with van der Waals surface area (Å²) in [5.74, 6) is 3.87. The molecular weight excluding hydrogens is 826 g/mol. The molecule has 0 aromatic heterocycles. The number of carbonyl (C=O) groups is 7. The number of carboxylic acids is 3. The van der Waals surface area contributed by atoms with Gasteiger partial charge in [-0.15, -0.1) is 30.9 Å². The fraction of sp³-hybridized carbons (Fsp3) is 0.390. The minimum Gasteiger partial charge on any atom is -0.481 e. The molecule has 3 rings (SSSR count). The average Bonchev–Trinajstić information content (AvgIpc) is 3.57. The van der Waals surface area contributed by atoms with Gasteiger partial charge in [-0.05, 0) is 54.7 Å². The lowest BCUT2D eigenvalue weighted by atomic mass is 10.1. The summed E-state index contributed by atoms with van der Waals surface area (Å²) in [6, 6.07) is 11.0. The summed E-state index contributed by atoms with van der Waals surface area (Å²) in [6.45, 7) is 1.51. The Morgan fingerprint density at radius 1 is 0.721 bits per heavy atom. The highest BCUT2D eigenvalue weighted by Crippen LogP contribution is 2.15. The molecule has 2 aromatic carbocycles. The monoisotopic (exact) mass is 873 g/mol. The molecule has 0 bridgehead atoms. The number of alkyl carbamates (subject to hydrolysis) is 1. The molecule has 0 saturated carbocycles. The van der Waals surface area contributed by atoms with Crippen molar-refractivity contribution >= 4 is 53.5 Å². The van der Waals surface area contributed by atoms with Crippen LogP contribution >= 0.6 is 11.6 Å². The standard InChI is InChI=1S/C16H15NO6.C15H17NO5.C5H7ClO.C5H9NO4/c1-2-9-21-12-5-3-11(4-6-12)10-22-14(18)8-7-13-15(19)23-16(20)17-13;1-2-9-20-12-5-3-11(4-6-12)10-21-14(17)8-7-13(16)15(18)19;1-2-4-7-5-3-6;6-3(5(9)10)1-2-4(7)8/h1,3-6,13H,7-10H2,(H,17,20);1,3-6,13H,7-10,16H2,(H,18,19);1H,3-5H2;3H,1-2,6H2,(H,7,8)(H,9,10)/t2*13-;;3-/m00.0/s1. The fourth-order valence-electron chi connectivity index (χ4n) is 3.92. The molecule has 61 heavy (non-hydrogen) atoms. The second-order valence-electron chi connectivity index (χ2n) is 11.8. The molecule has 0 radical (unpaired) electrons. The summed E-state index contributed by atoms with van der Waals surface area (Å²) in [7, 11) is 0. The minimum absolute atomic E-state index is 0.00338. The number of esters is 3. The lowest BCUT2D eigenvalue weighted by Crippen LogP contribution is -2.30. The van der Waals surface area contributed by atoms with Crippen LogP contribution in [-0.2, 0) is 60.9 Å². The third-order valence-electron chi connectivity index (χ3n) is 7.07. The van der Waals surface area contributed by atoms with E-state index in [0.717, 1.165) is 11.1 Å². The van der Waals surface area contributed by atoms with Crippen LogP contribution in [0.4, 0.5) is 4.79 Å². The average molecular weight is 874 g/mol. The van der Waals surface area contributed by atoms with Crippen molar-refractivity contribution in [3.05, 3.63) is 59.7 Å². The molecule has 2 aromatic rings. The quantitative estimate of drug-likeness (QED) is 0.0247. The van der Waals surface area contributed by atoms with E-state index >= 15 is 0 Å². The number of ether oxygens (including phenoxy) is 6. The lowest BCUT2D eigenvalue weighted by Gasteiger charge is -2.08. The summed E-state index contributed by atoms with van der Waals surface area (Å²) in [4.78, 5) is 75.5. The number of hydrogen-bond acceptors (Lipinski definition) is 15. The van der Waals surface area contributed by atoms with Gasteiger partial charge in [0.05, 0.1) is 6.61 Å². The van der Waals surface area contributed by atoms with E-state index in [2.05, 4.69) is 27.8 Å². The molecule has 1 saturated heterocycles. The van der Waals surface area contributed by atoms with Crippen molar-refractivity contribution in [1.82, 2.24) is 5.32 Å². The first-order valence-electron chi connectivity index (χ1n) is 18.0. The first-order valence-corrected chi connectivity index (χ1v) is 18.5. The predicted molar refractivity (Wildman–Crippen MR) is 216 cm³/mol. The number of alkyl halides is 1. The number of nitrogens with one attached hydrogen (secondary N) is 1. The van der Waals surface area contributed by atoms with Crippen LogP contribution in [0.25, 0.3) is 0 Å². The zero-order chi connectivity index (χ0) is 46.0. The second-order valence-corrected chi connectivity index (χ2v) is 12.2. The Bertz CT molecular complexity index is 1820. The maximum atomic E-state index is 11.6. The Kier molecular flexibility index (Phi) is 29.4. The van der Waals surface area contributed by atoms with Gasteiger partial charge in [0.25, 0.3) is 0 Å². The van der Waals surface area contributed by atoms with Crippen LogP contribution in [-0.4, -0.2) is 108 Å². The highest BCUT2D eigenvalue weighted by atomic mass is 35.5. The van der Waals surface area contributed by atoms with E-state index in [9.17, 15) is 33.6 Å². The number of hydrogen-bond donors (Lipinski definition) is 6. The number of cyclic esters (lactones) is 2. The molecule has 20 heteroatoms. The van der Waals surface area contributed by atoms with E-state index < -0.39 is 60.0 Å². The molecule has 1 fully saturated rings. The Labute approximate surface area is 357 Å². The molecule has 0 unspecified atom stereocenters. The van der Waals surface area contributed by atoms with Crippen LogP contribution in [0.15, 0.2) is 48.5 Å². The topological polar surface area (TPSA) is 300 Å². The summed E-state index contributed by atoms with van der Waals surface area (Å²) in [5.41, 5.74) is 11.9. The molecule has 3 atom stereocenters. The van der Waals surface area contributed by atoms with E-state index in [4.69, 9.17) is 81.3 Å². The van der Waals surface area contributed by atoms with Crippen molar-refractivity contribution < 1.29 is 77.3 Å². The summed E-state index contributed by atoms with van der Waals surface area (Å²) >= 11 is 5.24. The van der Waals surface area contributed by atoms with E-state index in [1.54, 1.807) is 48.5 Å². The fourth-order valence-corrected chi connectivity index (χ4v) is 4.03. The number of amides is 1. The molecule has 1 heterocycles. The Morgan fingerprint density at radius 2 is 1.16 bits per heavy atom. The Balaban J connectivity index is 0.000000866. The summed E-state index contributed by atoms with van der Waals surface area (Å²) in [5, 5.41) is 27.2. The van der Waals surface area contributed by atoms with Crippen LogP contribution < -0.4 is 26.3 Å². The van der Waals surface area contributed by atoms with Crippen molar-refractivity contribution in [2.75, 3.05) is 32.3 Å². The van der Waals surface area contributed by atoms with Crippen molar-refractivity contribution in [2.45, 2.75) is 69.9 Å². The van der Waals surface area contributed by atoms with Gasteiger partial charge in [-0.25, -0.2) is 9.59 Å². The first-order chi connectivity index (χ1) is 29.1. The molecule has 1 amide bonds. The van der Waals surface area contributed by atoms with Crippen LogP contribution in [0.5, 0.6) is 11.5 Å². The number of carbonyl (C=O) groups excluding carboxylic acids is 4. The van der Waals surface area contributed by atoms with Crippen LogP contribution in [0, 0.1) is 37.0 Å². The van der Waals surface area contributed by atoms with Crippen LogP contribution in [0.3, 0.4) is 0 Å². The van der Waals surface area contributed by atoms with Crippen molar-refractivity contribution in [3.63, 3.8) is 0 Å². The largest absolute Gasteiger partial charge is 0.481 e. The summed E-state index contributed by atoms with van der Waals surface area (Å²) in [6.07, 6.45) is 14.2. The van der Waals surface area contributed by atoms with Gasteiger partial charge in [0.1, 0.15) is 62.7 Å². The number of benzene rings is 2. The highest BCUT2D eigenvalue weighted by Gasteiger charge is 2.32. The zero-order valence-corrected chi connectivity index (χ0v) is 33.7. The number of nitrogens with two attached hydrogens (primary N) is 2. The molecule has 1 aliphatic rings. The van der Waals surface area contributed by atoms with Gasteiger partial charge >= 0.3 is 41.9 Å². The number of aliphatic carboxylic acids is 3. The lowest BCUT2D eigenvalue weighted by molar-refractivity contribution is -0.146. The zero-order valence-electron chi connectivity index (χ0n) is 33.0. The molecule has 8 N–H and O–H groups in total. The van der Waals surface area contributed by atoms with Gasteiger partial charge in [0, 0.05) is 25.1 Å². The van der Waals surface area contributed by atoms with Gasteiger partial charge in [0.15, 0.2) is 0 Å². The van der Waals surface area contributed by atoms with Gasteiger partial charge in [0.2, 0.25) is 0 Å². The minimum atomic E-state index is -1.17. The third-order valence-corrected chi connectivity index (χ3v) is 7.22. The van der Waals surface area contributed by atoms with Crippen molar-refractivity contribution in [2.24, 2.45) is 11.5 Å². The molecule has 0 spiro atoms. The maximum Gasteiger partial charge on any atom is 0.415 e. The van der Waals surface area contributed by atoms with E-state index in [1.807, 2.05) is 0 Å². The van der Waals surface area contributed by atoms with Crippen molar-refractivity contribution in [3.8, 4) is 48.5 Å². The number of terminal acetylenes is 3. The molecule has 330 valence electrons. The van der Waals surface area contributed by atoms with Crippen LogP contribution in [0.2, 0.25) is 0 Å². The SMILES string of the molecule is C#CCOCCCl.C#CCOc1ccc(COC(=O)CC[C@@H]2NC(=O)OC2=O)cc1.C#CCOc1ccc(COC(=O)CC[C@H](N)C(=O)O)cc1.N[C@@H](CCC(=O)O)C(=O)O. The smallest absolute Gasteiger partial charge is 0.415 e. The first kappa shape index (κ1) is 54.2. The Hall–Kier alpha value is -6.82. The van der Waals surface area contributed by atoms with E-state index in [-0.39, 0.29) is 65.0 Å². The van der Waals surface area contributed by atoms with Gasteiger partial charge in [-0.2, -0.15) is 0 Å². The van der Waals surface area contributed by atoms with Crippen molar-refractivity contribution in [1.29, 1.82) is 0 Å². The second kappa shape index (κ2) is 33.1. The third kappa shape index (κ3) is 28.3. The van der Waals surface area contributed by atoms with Gasteiger partial charge < -0.3 is 60.5 Å². The van der Waals surface area contributed by atoms with E-state index in [1.165, 1.54) is 0 Å². The highest BCUT2D eigenvalue weighted by molar-refractivity contribution is 6.17. The van der Waals surface area contributed by atoms with Gasteiger partial charge in [-0.1, -0.05) is 42.0 Å². The number of rotatable bonds is 22. The number of halogens is 1. The maximum absolute atomic E-state index is 11.6. The predicted octanol–water partition coefficient (Wildman–Crippen LogP) is 2.23. The summed E-state index contributed by atoms with van der Waals surface area (Å²) < 4.78 is 29.6. The molecule has 0 aliphatic carbocycles. The molecule has 1 aliphatic heterocycles. The normalized spacial score (nSPS) is 13.0. The number of carboxylic acid groups (broad SMARTS) is 3. The molecular formula is C41H48ClN3O16. The molecule has 19 nitrogen and oxygen atoms in total. The van der Waals surface area contributed by atoms with Gasteiger partial charge in [-0.3, -0.25) is 24.0 Å². The van der Waals surface area contributed by atoms with E-state index in [0.29, 0.717) is 30.6 Å².